The van der Waals surface area contributed by atoms with Gasteiger partial charge in [-0.1, -0.05) is 15.9 Å². The van der Waals surface area contributed by atoms with Crippen molar-refractivity contribution in [2.24, 2.45) is 5.73 Å². The predicted molar refractivity (Wildman–Crippen MR) is 107 cm³/mol. The Bertz CT molecular complexity index is 1030. The lowest BCUT2D eigenvalue weighted by molar-refractivity contribution is -0.120. The first-order chi connectivity index (χ1) is 13.8. The molecular formula is C19H20BrF2N3O5. The van der Waals surface area contributed by atoms with Crippen molar-refractivity contribution in [3.8, 4) is 0 Å². The molecule has 1 fully saturated rings. The number of anilines is 1. The van der Waals surface area contributed by atoms with Crippen molar-refractivity contribution in [1.82, 2.24) is 4.90 Å². The van der Waals surface area contributed by atoms with Crippen LogP contribution >= 0.6 is 15.9 Å². The second-order valence-corrected chi connectivity index (χ2v) is 8.90. The number of likely N-dealkylation sites (tertiary alicyclic amines) is 1. The van der Waals surface area contributed by atoms with E-state index in [-0.39, 0.29) is 17.0 Å². The van der Waals surface area contributed by atoms with E-state index in [4.69, 9.17) is 14.9 Å². The van der Waals surface area contributed by atoms with Crippen molar-refractivity contribution in [2.45, 2.75) is 44.8 Å². The number of nitrogens with one attached hydrogen (secondary N) is 1. The maximum absolute atomic E-state index is 14.1. The van der Waals surface area contributed by atoms with Crippen molar-refractivity contribution in [3.63, 3.8) is 0 Å². The first-order valence-electron chi connectivity index (χ1n) is 8.97. The van der Waals surface area contributed by atoms with E-state index in [0.29, 0.717) is 14.8 Å². The third kappa shape index (κ3) is 4.55. The molecule has 8 nitrogen and oxygen atoms in total. The molecule has 1 aliphatic heterocycles. The van der Waals surface area contributed by atoms with Crippen LogP contribution in [0.5, 0.6) is 0 Å². The van der Waals surface area contributed by atoms with E-state index in [1.165, 1.54) is 0 Å². The van der Waals surface area contributed by atoms with Gasteiger partial charge >= 0.3 is 6.09 Å². The second-order valence-electron chi connectivity index (χ2n) is 7.98. The van der Waals surface area contributed by atoms with Gasteiger partial charge in [0.05, 0.1) is 6.54 Å². The Balaban J connectivity index is 1.94. The van der Waals surface area contributed by atoms with Crippen LogP contribution in [0.1, 0.15) is 37.7 Å². The summed E-state index contributed by atoms with van der Waals surface area (Å²) < 4.78 is 39.3. The van der Waals surface area contributed by atoms with Crippen LogP contribution in [0, 0.1) is 0 Å². The fraction of sp³-hybridized carbons (Fsp3) is 0.421. The third-order valence-electron chi connectivity index (χ3n) is 4.32. The van der Waals surface area contributed by atoms with Crippen LogP contribution in [0.15, 0.2) is 27.1 Å². The van der Waals surface area contributed by atoms with E-state index in [1.54, 1.807) is 39.0 Å². The number of fused-ring (bicyclic) bond motifs is 1. The molecule has 0 radical (unpaired) electrons. The van der Waals surface area contributed by atoms with Gasteiger partial charge in [0.1, 0.15) is 22.9 Å². The van der Waals surface area contributed by atoms with Gasteiger partial charge in [-0.05, 0) is 39.0 Å². The number of benzene rings is 1. The Morgan fingerprint density at radius 1 is 1.33 bits per heavy atom. The molecule has 1 aromatic carbocycles. The van der Waals surface area contributed by atoms with Crippen molar-refractivity contribution in [3.05, 3.63) is 28.4 Å². The molecule has 1 aromatic heterocycles. The topological polar surface area (TPSA) is 115 Å². The van der Waals surface area contributed by atoms with Crippen LogP contribution in [-0.2, 0) is 9.53 Å². The highest BCUT2D eigenvalue weighted by Crippen LogP contribution is 2.36. The first-order valence-corrected chi connectivity index (χ1v) is 9.77. The molecule has 3 amide bonds. The smallest absolute Gasteiger partial charge is 0.411 e. The summed E-state index contributed by atoms with van der Waals surface area (Å²) in [5.74, 6) is -5.46. The monoisotopic (exact) mass is 487 g/mol. The van der Waals surface area contributed by atoms with Crippen LogP contribution < -0.4 is 11.1 Å². The summed E-state index contributed by atoms with van der Waals surface area (Å²) in [7, 11) is 0. The molecule has 0 bridgehead atoms. The number of nitrogens with zero attached hydrogens (tertiary/aromatic N) is 1. The minimum Gasteiger partial charge on any atom is -0.449 e. The number of halogens is 3. The zero-order chi connectivity index (χ0) is 22.4. The Morgan fingerprint density at radius 2 is 2.00 bits per heavy atom. The number of hydrogen-bond donors (Lipinski definition) is 2. The van der Waals surface area contributed by atoms with Crippen molar-refractivity contribution >= 4 is 50.5 Å². The predicted octanol–water partition coefficient (Wildman–Crippen LogP) is 3.88. The molecule has 11 heteroatoms. The fourth-order valence-electron chi connectivity index (χ4n) is 3.14. The maximum Gasteiger partial charge on any atom is 0.411 e. The van der Waals surface area contributed by atoms with E-state index in [0.717, 1.165) is 0 Å². The van der Waals surface area contributed by atoms with Gasteiger partial charge in [-0.15, -0.1) is 0 Å². The zero-order valence-corrected chi connectivity index (χ0v) is 18.0. The Labute approximate surface area is 178 Å². The van der Waals surface area contributed by atoms with E-state index < -0.39 is 48.4 Å². The lowest BCUT2D eigenvalue weighted by Gasteiger charge is -2.27. The summed E-state index contributed by atoms with van der Waals surface area (Å²) in [5, 5.41) is 2.78. The standard InChI is InChI=1S/C19H20BrF2N3O5/c1-18(2,3)30-17(28)25-8-19(21,22)7-11(25)16(27)24-13-10-6-9(20)4-5-12(10)29-14(13)15(23)26/h4-6,11H,7-8H2,1-3H3,(H2,23,26)(H,24,27). The number of carbonyl (C=O) groups is 3. The Kier molecular flexibility index (Phi) is 5.52. The highest BCUT2D eigenvalue weighted by atomic mass is 79.9. The molecule has 2 heterocycles. The summed E-state index contributed by atoms with van der Waals surface area (Å²) in [5.41, 5.74) is 4.62. The molecule has 1 aliphatic rings. The molecule has 3 N–H and O–H groups in total. The summed E-state index contributed by atoms with van der Waals surface area (Å²) in [4.78, 5) is 37.7. The Hall–Kier alpha value is -2.69. The van der Waals surface area contributed by atoms with Gasteiger partial charge < -0.3 is 20.2 Å². The normalized spacial score (nSPS) is 18.5. The fourth-order valence-corrected chi connectivity index (χ4v) is 3.50. The minimum absolute atomic E-state index is 0.0526. The lowest BCUT2D eigenvalue weighted by Crippen LogP contribution is -2.45. The van der Waals surface area contributed by atoms with Crippen molar-refractivity contribution in [1.29, 1.82) is 0 Å². The van der Waals surface area contributed by atoms with Crippen LogP contribution in [0.25, 0.3) is 11.0 Å². The Morgan fingerprint density at radius 3 is 2.60 bits per heavy atom. The molecule has 3 rings (SSSR count). The molecule has 0 spiro atoms. The number of amides is 3. The van der Waals surface area contributed by atoms with Crippen molar-refractivity contribution < 1.29 is 32.3 Å². The van der Waals surface area contributed by atoms with E-state index in [9.17, 15) is 23.2 Å². The van der Waals surface area contributed by atoms with Gasteiger partial charge in [-0.2, -0.15) is 0 Å². The van der Waals surface area contributed by atoms with Gasteiger partial charge in [0.2, 0.25) is 11.7 Å². The molecule has 2 aromatic rings. The average Bonchev–Trinajstić information content (AvgIpc) is 3.11. The first kappa shape index (κ1) is 22.0. The van der Waals surface area contributed by atoms with Gasteiger partial charge in [0.25, 0.3) is 11.8 Å². The maximum atomic E-state index is 14.1. The van der Waals surface area contributed by atoms with E-state index >= 15 is 0 Å². The molecule has 162 valence electrons. The van der Waals surface area contributed by atoms with Gasteiger partial charge in [-0.3, -0.25) is 14.5 Å². The number of hydrogen-bond acceptors (Lipinski definition) is 5. The third-order valence-corrected chi connectivity index (χ3v) is 4.82. The highest BCUT2D eigenvalue weighted by molar-refractivity contribution is 9.10. The summed E-state index contributed by atoms with van der Waals surface area (Å²) in [6, 6.07) is 3.28. The molecule has 0 aliphatic carbocycles. The number of furan rings is 1. The van der Waals surface area contributed by atoms with Gasteiger partial charge in [0, 0.05) is 16.3 Å². The number of rotatable bonds is 3. The molecule has 0 saturated carbocycles. The molecule has 1 atom stereocenters. The minimum atomic E-state index is -3.27. The zero-order valence-electron chi connectivity index (χ0n) is 16.4. The second kappa shape index (κ2) is 7.53. The number of nitrogens with two attached hydrogens (primary N) is 1. The summed E-state index contributed by atoms with van der Waals surface area (Å²) in [6.07, 6.45) is -1.92. The molecule has 30 heavy (non-hydrogen) atoms. The van der Waals surface area contributed by atoms with Crippen molar-refractivity contribution in [2.75, 3.05) is 11.9 Å². The number of ether oxygens (including phenoxy) is 1. The van der Waals surface area contributed by atoms with Crippen LogP contribution in [0.2, 0.25) is 0 Å². The molecule has 1 unspecified atom stereocenters. The van der Waals surface area contributed by atoms with E-state index in [2.05, 4.69) is 21.2 Å². The number of carbonyl (C=O) groups excluding carboxylic acids is 3. The lowest BCUT2D eigenvalue weighted by atomic mass is 10.1. The largest absolute Gasteiger partial charge is 0.449 e. The van der Waals surface area contributed by atoms with Gasteiger partial charge in [0.15, 0.2) is 0 Å². The molecular weight excluding hydrogens is 468 g/mol. The van der Waals surface area contributed by atoms with Gasteiger partial charge in [-0.25, -0.2) is 13.6 Å². The van der Waals surface area contributed by atoms with Crippen LogP contribution in [0.4, 0.5) is 19.3 Å². The van der Waals surface area contributed by atoms with Crippen LogP contribution in [-0.4, -0.2) is 46.9 Å². The van der Waals surface area contributed by atoms with Crippen LogP contribution in [0.3, 0.4) is 0 Å². The van der Waals surface area contributed by atoms with E-state index in [1.807, 2.05) is 0 Å². The molecule has 1 saturated heterocycles. The number of primary amides is 1. The highest BCUT2D eigenvalue weighted by Gasteiger charge is 2.51. The SMILES string of the molecule is CC(C)(C)OC(=O)N1CC(F)(F)CC1C(=O)Nc1c(C(N)=O)oc2ccc(Br)cc12. The summed E-state index contributed by atoms with van der Waals surface area (Å²) in [6.45, 7) is 3.80. The quantitative estimate of drug-likeness (QED) is 0.681. The average molecular weight is 488 g/mol. The summed E-state index contributed by atoms with van der Waals surface area (Å²) >= 11 is 3.28. The number of alkyl halides is 2.